The average Bonchev–Trinajstić information content (AvgIpc) is 2.82. The zero-order valence-electron chi connectivity index (χ0n) is 10.8. The largest absolute Gasteiger partial charge is 0.480 e. The van der Waals surface area contributed by atoms with E-state index in [1.165, 1.54) is 4.90 Å². The molecule has 0 aromatic heterocycles. The molecule has 2 amide bonds. The highest BCUT2D eigenvalue weighted by Gasteiger charge is 2.30. The van der Waals surface area contributed by atoms with Crippen molar-refractivity contribution in [3.63, 3.8) is 0 Å². The van der Waals surface area contributed by atoms with E-state index in [1.807, 2.05) is 6.92 Å². The van der Waals surface area contributed by atoms with Crippen molar-refractivity contribution in [2.75, 3.05) is 13.2 Å². The molecule has 2 atom stereocenters. The van der Waals surface area contributed by atoms with Crippen LogP contribution < -0.4 is 5.32 Å². The fourth-order valence-corrected chi connectivity index (χ4v) is 2.19. The Hall–Kier alpha value is -1.30. The normalized spacial score (nSPS) is 20.8. The van der Waals surface area contributed by atoms with E-state index >= 15 is 0 Å². The Labute approximate surface area is 107 Å². The van der Waals surface area contributed by atoms with Gasteiger partial charge in [-0.15, -0.1) is 0 Å². The van der Waals surface area contributed by atoms with Gasteiger partial charge in [-0.3, -0.25) is 0 Å². The molecule has 1 rings (SSSR count). The number of aliphatic hydroxyl groups excluding tert-OH is 1. The van der Waals surface area contributed by atoms with Crippen LogP contribution in [0.2, 0.25) is 0 Å². The Balaban J connectivity index is 2.52. The van der Waals surface area contributed by atoms with Gasteiger partial charge in [0.1, 0.15) is 6.04 Å². The van der Waals surface area contributed by atoms with E-state index in [4.69, 9.17) is 10.2 Å². The second-order valence-corrected chi connectivity index (χ2v) is 4.65. The molecule has 1 aliphatic heterocycles. The molecule has 0 bridgehead atoms. The van der Waals surface area contributed by atoms with Crippen LogP contribution in [0.25, 0.3) is 0 Å². The van der Waals surface area contributed by atoms with Gasteiger partial charge in [0.2, 0.25) is 0 Å². The van der Waals surface area contributed by atoms with Crippen molar-refractivity contribution in [3.05, 3.63) is 0 Å². The predicted octanol–water partition coefficient (Wildman–Crippen LogP) is 0.796. The van der Waals surface area contributed by atoms with Gasteiger partial charge < -0.3 is 20.4 Å². The summed E-state index contributed by atoms with van der Waals surface area (Å²) in [6.45, 7) is 2.49. The average molecular weight is 258 g/mol. The Kier molecular flexibility index (Phi) is 5.91. The smallest absolute Gasteiger partial charge is 0.326 e. The van der Waals surface area contributed by atoms with Gasteiger partial charge in [-0.05, 0) is 19.3 Å². The number of aliphatic carboxylic acids is 1. The molecule has 0 saturated carbocycles. The van der Waals surface area contributed by atoms with Crippen LogP contribution in [0, 0.1) is 0 Å². The molecule has 6 heteroatoms. The van der Waals surface area contributed by atoms with Crippen LogP contribution in [0.5, 0.6) is 0 Å². The van der Waals surface area contributed by atoms with E-state index in [0.717, 1.165) is 25.7 Å². The lowest BCUT2D eigenvalue weighted by atomic mass is 10.1. The number of hydrogen-bond acceptors (Lipinski definition) is 3. The van der Waals surface area contributed by atoms with E-state index in [0.29, 0.717) is 13.0 Å². The number of likely N-dealkylation sites (tertiary alicyclic amines) is 1. The minimum atomic E-state index is -1.00. The zero-order valence-corrected chi connectivity index (χ0v) is 10.8. The number of nitrogens with zero attached hydrogens (tertiary/aromatic N) is 1. The summed E-state index contributed by atoms with van der Waals surface area (Å²) in [6, 6.07) is -1.39. The number of carboxylic acid groups (broad SMARTS) is 1. The summed E-state index contributed by atoms with van der Waals surface area (Å²) in [5.41, 5.74) is 0. The maximum Gasteiger partial charge on any atom is 0.326 e. The number of unbranched alkanes of at least 4 members (excludes halogenated alkanes) is 1. The summed E-state index contributed by atoms with van der Waals surface area (Å²) in [4.78, 5) is 24.5. The minimum absolute atomic E-state index is 0.0693. The molecule has 0 aliphatic carbocycles. The highest BCUT2D eigenvalue weighted by molar-refractivity contribution is 5.82. The van der Waals surface area contributed by atoms with Crippen molar-refractivity contribution < 1.29 is 19.8 Å². The second-order valence-electron chi connectivity index (χ2n) is 4.65. The van der Waals surface area contributed by atoms with E-state index in [-0.39, 0.29) is 18.7 Å². The van der Waals surface area contributed by atoms with Crippen LogP contribution in [0.4, 0.5) is 4.79 Å². The molecule has 0 spiro atoms. The third-order valence-corrected chi connectivity index (χ3v) is 3.29. The molecule has 1 unspecified atom stereocenters. The third kappa shape index (κ3) is 3.87. The van der Waals surface area contributed by atoms with Gasteiger partial charge in [0.15, 0.2) is 0 Å². The molecule has 1 saturated heterocycles. The number of aliphatic hydroxyl groups is 1. The number of carbonyl (C=O) groups excluding carboxylic acids is 1. The van der Waals surface area contributed by atoms with E-state index in [9.17, 15) is 9.59 Å². The first kappa shape index (κ1) is 14.8. The Morgan fingerprint density at radius 1 is 1.50 bits per heavy atom. The Morgan fingerprint density at radius 2 is 2.22 bits per heavy atom. The fourth-order valence-electron chi connectivity index (χ4n) is 2.19. The van der Waals surface area contributed by atoms with Crippen molar-refractivity contribution in [3.8, 4) is 0 Å². The summed E-state index contributed by atoms with van der Waals surface area (Å²) in [7, 11) is 0. The van der Waals surface area contributed by atoms with Gasteiger partial charge in [-0.2, -0.15) is 0 Å². The molecule has 1 fully saturated rings. The lowest BCUT2D eigenvalue weighted by Crippen LogP contribution is -2.50. The molecular weight excluding hydrogens is 236 g/mol. The van der Waals surface area contributed by atoms with E-state index < -0.39 is 12.0 Å². The SMILES string of the molecule is CCCC[C@H](NC(=O)N1CCCC1CO)C(=O)O. The van der Waals surface area contributed by atoms with Crippen LogP contribution in [0.1, 0.15) is 39.0 Å². The van der Waals surface area contributed by atoms with Crippen LogP contribution in [-0.4, -0.2) is 52.3 Å². The third-order valence-electron chi connectivity index (χ3n) is 3.29. The summed E-state index contributed by atoms with van der Waals surface area (Å²) in [5.74, 6) is -1.00. The molecule has 6 nitrogen and oxygen atoms in total. The van der Waals surface area contributed by atoms with Gasteiger partial charge >= 0.3 is 12.0 Å². The second kappa shape index (κ2) is 7.20. The van der Waals surface area contributed by atoms with Gasteiger partial charge in [0.25, 0.3) is 0 Å². The number of urea groups is 1. The van der Waals surface area contributed by atoms with Crippen molar-refractivity contribution in [1.29, 1.82) is 0 Å². The summed E-state index contributed by atoms with van der Waals surface area (Å²) < 4.78 is 0. The number of rotatable bonds is 6. The van der Waals surface area contributed by atoms with Gasteiger partial charge in [-0.1, -0.05) is 19.8 Å². The monoisotopic (exact) mass is 258 g/mol. The highest BCUT2D eigenvalue weighted by Crippen LogP contribution is 2.16. The first-order chi connectivity index (χ1) is 8.60. The molecule has 0 aromatic rings. The fraction of sp³-hybridized carbons (Fsp3) is 0.833. The molecule has 0 aromatic carbocycles. The van der Waals surface area contributed by atoms with E-state index in [1.54, 1.807) is 0 Å². The number of carboxylic acids is 1. The molecular formula is C12H22N2O4. The Bertz CT molecular complexity index is 296. The number of carbonyl (C=O) groups is 2. The van der Waals surface area contributed by atoms with Crippen molar-refractivity contribution in [2.24, 2.45) is 0 Å². The van der Waals surface area contributed by atoms with Crippen molar-refractivity contribution in [1.82, 2.24) is 10.2 Å². The maximum atomic E-state index is 11.9. The van der Waals surface area contributed by atoms with Crippen LogP contribution in [0.15, 0.2) is 0 Å². The molecule has 3 N–H and O–H groups in total. The standard InChI is InChI=1S/C12H22N2O4/c1-2-3-6-10(11(16)17)13-12(18)14-7-4-5-9(14)8-15/h9-10,15H,2-8H2,1H3,(H,13,18)(H,16,17)/t9?,10-/m0/s1. The summed E-state index contributed by atoms with van der Waals surface area (Å²) in [6.07, 6.45) is 3.72. The predicted molar refractivity (Wildman–Crippen MR) is 66.3 cm³/mol. The summed E-state index contributed by atoms with van der Waals surface area (Å²) in [5, 5.41) is 20.7. The van der Waals surface area contributed by atoms with Gasteiger partial charge in [0, 0.05) is 6.54 Å². The van der Waals surface area contributed by atoms with E-state index in [2.05, 4.69) is 5.32 Å². The molecule has 104 valence electrons. The van der Waals surface area contributed by atoms with Crippen LogP contribution >= 0.6 is 0 Å². The van der Waals surface area contributed by atoms with Gasteiger partial charge in [-0.25, -0.2) is 9.59 Å². The number of nitrogens with one attached hydrogen (secondary N) is 1. The number of amides is 2. The number of hydrogen-bond donors (Lipinski definition) is 3. The molecule has 0 radical (unpaired) electrons. The topological polar surface area (TPSA) is 89.9 Å². The van der Waals surface area contributed by atoms with Crippen LogP contribution in [-0.2, 0) is 4.79 Å². The lowest BCUT2D eigenvalue weighted by Gasteiger charge is -2.25. The first-order valence-corrected chi connectivity index (χ1v) is 6.51. The summed E-state index contributed by atoms with van der Waals surface area (Å²) >= 11 is 0. The van der Waals surface area contributed by atoms with Gasteiger partial charge in [0.05, 0.1) is 12.6 Å². The van der Waals surface area contributed by atoms with Crippen molar-refractivity contribution in [2.45, 2.75) is 51.1 Å². The zero-order chi connectivity index (χ0) is 13.5. The molecule has 1 heterocycles. The molecule has 1 aliphatic rings. The minimum Gasteiger partial charge on any atom is -0.480 e. The molecule has 18 heavy (non-hydrogen) atoms. The lowest BCUT2D eigenvalue weighted by molar-refractivity contribution is -0.139. The first-order valence-electron chi connectivity index (χ1n) is 6.51. The Morgan fingerprint density at radius 3 is 2.78 bits per heavy atom. The van der Waals surface area contributed by atoms with Crippen molar-refractivity contribution >= 4 is 12.0 Å². The quantitative estimate of drug-likeness (QED) is 0.657. The highest BCUT2D eigenvalue weighted by atomic mass is 16.4. The maximum absolute atomic E-state index is 11.9. The van der Waals surface area contributed by atoms with Crippen LogP contribution in [0.3, 0.4) is 0 Å².